The molecule has 0 spiro atoms. The number of furan rings is 1. The van der Waals surface area contributed by atoms with Crippen molar-refractivity contribution in [3.8, 4) is 0 Å². The Labute approximate surface area is 315 Å². The number of carbonyl (C=O) groups excluding carboxylic acids is 3. The zero-order chi connectivity index (χ0) is 38.5. The lowest BCUT2D eigenvalue weighted by Crippen LogP contribution is -2.49. The number of carbonyl (C=O) groups is 3. The average molecular weight is 753 g/mol. The maximum Gasteiger partial charge on any atom is 0.412 e. The van der Waals surface area contributed by atoms with Gasteiger partial charge in [0.1, 0.15) is 11.2 Å². The molecule has 0 bridgehead atoms. The highest BCUT2D eigenvalue weighted by molar-refractivity contribution is 7.92. The molecule has 54 heavy (non-hydrogen) atoms. The highest BCUT2D eigenvalue weighted by atomic mass is 32.2. The molecule has 282 valence electrons. The lowest BCUT2D eigenvalue weighted by atomic mass is 10.1. The van der Waals surface area contributed by atoms with Gasteiger partial charge in [-0.05, 0) is 100 Å². The summed E-state index contributed by atoms with van der Waals surface area (Å²) in [6.07, 6.45) is -0.114. The first-order valence-corrected chi connectivity index (χ1v) is 19.3. The maximum atomic E-state index is 14.6. The Morgan fingerprint density at radius 3 is 2.22 bits per heavy atom. The maximum absolute atomic E-state index is 14.6. The number of esters is 1. The molecule has 0 saturated carbocycles. The van der Waals surface area contributed by atoms with E-state index >= 15 is 0 Å². The van der Waals surface area contributed by atoms with Crippen LogP contribution in [0.2, 0.25) is 0 Å². The number of nitrogens with zero attached hydrogens (tertiary/aromatic N) is 3. The molecular weight excluding hydrogens is 709 g/mol. The van der Waals surface area contributed by atoms with E-state index in [9.17, 15) is 22.8 Å². The third kappa shape index (κ3) is 8.85. The van der Waals surface area contributed by atoms with Crippen LogP contribution in [0.3, 0.4) is 0 Å². The molecular formula is C41H44N4O8S. The molecule has 2 amide bonds. The van der Waals surface area contributed by atoms with Gasteiger partial charge in [0.25, 0.3) is 15.9 Å². The quantitative estimate of drug-likeness (QED) is 0.137. The summed E-state index contributed by atoms with van der Waals surface area (Å²) in [5.74, 6) is -0.763. The first-order valence-electron chi connectivity index (χ1n) is 17.8. The van der Waals surface area contributed by atoms with Crippen LogP contribution < -0.4 is 14.5 Å². The van der Waals surface area contributed by atoms with Gasteiger partial charge in [-0.1, -0.05) is 42.5 Å². The van der Waals surface area contributed by atoms with E-state index in [0.29, 0.717) is 60.5 Å². The molecule has 1 aliphatic rings. The van der Waals surface area contributed by atoms with Gasteiger partial charge in [-0.15, -0.1) is 0 Å². The summed E-state index contributed by atoms with van der Waals surface area (Å²) in [4.78, 5) is 41.9. The number of ether oxygens (including phenoxy) is 2. The Morgan fingerprint density at radius 2 is 1.54 bits per heavy atom. The van der Waals surface area contributed by atoms with E-state index < -0.39 is 27.7 Å². The summed E-state index contributed by atoms with van der Waals surface area (Å²) >= 11 is 0. The second kappa shape index (κ2) is 16.0. The van der Waals surface area contributed by atoms with Crippen molar-refractivity contribution in [3.63, 3.8) is 0 Å². The molecule has 4 aromatic carbocycles. The van der Waals surface area contributed by atoms with Crippen molar-refractivity contribution >= 4 is 56.0 Å². The van der Waals surface area contributed by atoms with Crippen molar-refractivity contribution in [1.29, 1.82) is 0 Å². The molecule has 13 heteroatoms. The van der Waals surface area contributed by atoms with Crippen LogP contribution in [-0.4, -0.2) is 76.2 Å². The van der Waals surface area contributed by atoms with Gasteiger partial charge in [0.2, 0.25) is 5.76 Å². The highest BCUT2D eigenvalue weighted by Crippen LogP contribution is 2.35. The van der Waals surface area contributed by atoms with E-state index in [0.717, 1.165) is 11.3 Å². The van der Waals surface area contributed by atoms with Crippen LogP contribution in [-0.2, 0) is 25.9 Å². The Balaban J connectivity index is 1.22. The van der Waals surface area contributed by atoms with E-state index in [1.807, 2.05) is 48.5 Å². The summed E-state index contributed by atoms with van der Waals surface area (Å²) in [6, 6.07) is 29.8. The van der Waals surface area contributed by atoms with E-state index in [1.165, 1.54) is 22.5 Å². The summed E-state index contributed by atoms with van der Waals surface area (Å²) in [5, 5.41) is 3.14. The van der Waals surface area contributed by atoms with Crippen molar-refractivity contribution in [2.24, 2.45) is 0 Å². The van der Waals surface area contributed by atoms with Gasteiger partial charge < -0.3 is 23.7 Å². The summed E-state index contributed by atoms with van der Waals surface area (Å²) in [6.45, 7) is 9.18. The second-order valence-electron chi connectivity index (χ2n) is 13.8. The van der Waals surface area contributed by atoms with E-state index in [2.05, 4.69) is 10.2 Å². The number of amides is 2. The zero-order valence-corrected chi connectivity index (χ0v) is 31.6. The van der Waals surface area contributed by atoms with Crippen molar-refractivity contribution in [2.75, 3.05) is 53.9 Å². The number of para-hydroxylation sites is 2. The van der Waals surface area contributed by atoms with Crippen LogP contribution in [0.15, 0.2) is 112 Å². The predicted molar refractivity (Wildman–Crippen MR) is 208 cm³/mol. The van der Waals surface area contributed by atoms with Gasteiger partial charge in [-0.3, -0.25) is 14.4 Å². The minimum absolute atomic E-state index is 0.00230. The van der Waals surface area contributed by atoms with Crippen LogP contribution in [0.5, 0.6) is 0 Å². The van der Waals surface area contributed by atoms with Crippen LogP contribution in [0.1, 0.15) is 54.2 Å². The van der Waals surface area contributed by atoms with Gasteiger partial charge in [-0.2, -0.15) is 0 Å². The first-order chi connectivity index (χ1) is 25.8. The number of benzene rings is 4. The smallest absolute Gasteiger partial charge is 0.412 e. The monoisotopic (exact) mass is 752 g/mol. The first kappa shape index (κ1) is 37.9. The topological polar surface area (TPSA) is 139 Å². The summed E-state index contributed by atoms with van der Waals surface area (Å²) in [7, 11) is -4.13. The van der Waals surface area contributed by atoms with Crippen LogP contribution in [0.4, 0.5) is 21.9 Å². The van der Waals surface area contributed by atoms with Gasteiger partial charge in [0.15, 0.2) is 0 Å². The molecule has 2 heterocycles. The Kier molecular flexibility index (Phi) is 11.3. The van der Waals surface area contributed by atoms with E-state index in [1.54, 1.807) is 69.0 Å². The lowest BCUT2D eigenvalue weighted by molar-refractivity contribution is 0.0491. The lowest BCUT2D eigenvalue weighted by Gasteiger charge is -2.38. The van der Waals surface area contributed by atoms with Gasteiger partial charge in [0.05, 0.1) is 22.9 Å². The second-order valence-corrected chi connectivity index (χ2v) is 15.7. The number of hydrogen-bond donors (Lipinski definition) is 1. The molecule has 0 unspecified atom stereocenters. The Hall–Kier alpha value is -5.82. The summed E-state index contributed by atoms with van der Waals surface area (Å²) < 4.78 is 46.7. The fourth-order valence-corrected chi connectivity index (χ4v) is 7.77. The van der Waals surface area contributed by atoms with Gasteiger partial charge >= 0.3 is 12.1 Å². The molecule has 1 saturated heterocycles. The standard InChI is InChI=1S/C41H44N4O8S/c1-5-51-39(47)37-28-31-27-33(19-20-36(31)52-37)54(49,50)45(22-21-29-11-7-6-8-12-29)35-14-10-9-13-34(35)43-23-25-44(26-24-43)38(46)30-15-17-32(18-16-30)42-40(48)53-41(2,3)4/h6-20,27-28H,5,21-26H2,1-4H3,(H,42,48). The van der Waals surface area contributed by atoms with Crippen molar-refractivity contribution < 1.29 is 36.7 Å². The molecule has 1 aliphatic heterocycles. The van der Waals surface area contributed by atoms with Crippen LogP contribution in [0, 0.1) is 0 Å². The van der Waals surface area contributed by atoms with E-state index in [-0.39, 0.29) is 29.7 Å². The third-order valence-electron chi connectivity index (χ3n) is 8.83. The number of hydrogen-bond acceptors (Lipinski definition) is 9. The Morgan fingerprint density at radius 1 is 0.852 bits per heavy atom. The predicted octanol–water partition coefficient (Wildman–Crippen LogP) is 7.36. The molecule has 1 aromatic heterocycles. The molecule has 1 fully saturated rings. The molecule has 0 aliphatic carbocycles. The van der Waals surface area contributed by atoms with Crippen LogP contribution in [0.25, 0.3) is 11.0 Å². The fraction of sp³-hybridized carbons (Fsp3) is 0.293. The zero-order valence-electron chi connectivity index (χ0n) is 30.8. The van der Waals surface area contributed by atoms with Crippen LogP contribution >= 0.6 is 0 Å². The normalized spacial score (nSPS) is 13.4. The molecule has 0 radical (unpaired) electrons. The Bertz CT molecular complexity index is 2220. The number of nitrogens with one attached hydrogen (secondary N) is 1. The highest BCUT2D eigenvalue weighted by Gasteiger charge is 2.31. The number of anilines is 3. The molecule has 0 atom stereocenters. The minimum atomic E-state index is -4.13. The largest absolute Gasteiger partial charge is 0.460 e. The minimum Gasteiger partial charge on any atom is -0.460 e. The SMILES string of the molecule is CCOC(=O)c1cc2cc(S(=O)(=O)N(CCc3ccccc3)c3ccccc3N3CCN(C(=O)c4ccc(NC(=O)OC(C)(C)C)cc4)CC3)ccc2o1. The number of sulfonamides is 1. The van der Waals surface area contributed by atoms with Gasteiger partial charge in [0, 0.05) is 49.4 Å². The molecule has 5 aromatic rings. The van der Waals surface area contributed by atoms with Gasteiger partial charge in [-0.25, -0.2) is 18.0 Å². The van der Waals surface area contributed by atoms with Crippen molar-refractivity contribution in [3.05, 3.63) is 120 Å². The number of rotatable bonds is 11. The summed E-state index contributed by atoms with van der Waals surface area (Å²) in [5.41, 5.74) is 2.97. The van der Waals surface area contributed by atoms with Crippen molar-refractivity contribution in [1.82, 2.24) is 4.90 Å². The number of piperazine rings is 1. The third-order valence-corrected chi connectivity index (χ3v) is 10.6. The van der Waals surface area contributed by atoms with Crippen molar-refractivity contribution in [2.45, 2.75) is 44.6 Å². The number of fused-ring (bicyclic) bond motifs is 1. The average Bonchev–Trinajstić information content (AvgIpc) is 3.59. The fourth-order valence-electron chi connectivity index (χ4n) is 6.25. The molecule has 1 N–H and O–H groups in total. The van der Waals surface area contributed by atoms with E-state index in [4.69, 9.17) is 13.9 Å². The molecule has 6 rings (SSSR count). The molecule has 12 nitrogen and oxygen atoms in total.